The van der Waals surface area contributed by atoms with Crippen molar-refractivity contribution in [2.45, 2.75) is 10.3 Å². The van der Waals surface area contributed by atoms with Crippen LogP contribution in [0.4, 0.5) is 0 Å². The molecule has 1 atom stereocenters. The van der Waals surface area contributed by atoms with Gasteiger partial charge in [0.25, 0.3) is 0 Å². The Hall–Kier alpha value is -0.650. The molecule has 3 nitrogen and oxygen atoms in total. The molecule has 1 fully saturated rings. The van der Waals surface area contributed by atoms with Gasteiger partial charge in [-0.05, 0) is 24.0 Å². The van der Waals surface area contributed by atoms with E-state index in [-0.39, 0.29) is 11.3 Å². The van der Waals surface area contributed by atoms with Gasteiger partial charge in [0, 0.05) is 18.6 Å². The molecule has 1 aromatic rings. The fourth-order valence-electron chi connectivity index (χ4n) is 1.93. The molecule has 0 N–H and O–H groups in total. The molecule has 2 rings (SSSR count). The fourth-order valence-corrected chi connectivity index (χ4v) is 3.56. The van der Waals surface area contributed by atoms with E-state index in [9.17, 15) is 4.79 Å². The highest BCUT2D eigenvalue weighted by Crippen LogP contribution is 2.38. The van der Waals surface area contributed by atoms with Crippen molar-refractivity contribution in [1.29, 1.82) is 0 Å². The molecule has 0 saturated carbocycles. The molecular weight excluding hydrogens is 266 g/mol. The van der Waals surface area contributed by atoms with Crippen LogP contribution >= 0.6 is 23.5 Å². The van der Waals surface area contributed by atoms with Gasteiger partial charge in [-0.3, -0.25) is 4.79 Å². The van der Waals surface area contributed by atoms with Gasteiger partial charge >= 0.3 is 0 Å². The van der Waals surface area contributed by atoms with Crippen molar-refractivity contribution < 1.29 is 9.53 Å². The summed E-state index contributed by atoms with van der Waals surface area (Å²) in [4.78, 5) is 15.0. The van der Waals surface area contributed by atoms with Gasteiger partial charge in [0.2, 0.25) is 5.91 Å². The molecule has 5 heteroatoms. The van der Waals surface area contributed by atoms with Crippen LogP contribution in [0, 0.1) is 0 Å². The molecule has 98 valence electrons. The van der Waals surface area contributed by atoms with Crippen LogP contribution in [0.15, 0.2) is 29.2 Å². The standard InChI is InChI=1S/C13H17NO2S2/c1-16-8-7-14-12(15)9-18-13(14)10-3-5-11(17-2)6-4-10/h3-6,13H,7-9H2,1-2H3. The lowest BCUT2D eigenvalue weighted by molar-refractivity contribution is -0.128. The average molecular weight is 283 g/mol. The van der Waals surface area contributed by atoms with Crippen molar-refractivity contribution in [1.82, 2.24) is 4.90 Å². The molecule has 1 aromatic carbocycles. The molecule has 1 amide bonds. The van der Waals surface area contributed by atoms with E-state index >= 15 is 0 Å². The quantitative estimate of drug-likeness (QED) is 0.777. The van der Waals surface area contributed by atoms with Crippen LogP contribution < -0.4 is 0 Å². The minimum atomic E-state index is 0.142. The number of carbonyl (C=O) groups excluding carboxylic acids is 1. The third kappa shape index (κ3) is 3.02. The van der Waals surface area contributed by atoms with Gasteiger partial charge in [-0.15, -0.1) is 23.5 Å². The molecule has 1 aliphatic heterocycles. The lowest BCUT2D eigenvalue weighted by atomic mass is 10.2. The van der Waals surface area contributed by atoms with Crippen molar-refractivity contribution in [3.05, 3.63) is 29.8 Å². The predicted octanol–water partition coefficient (Wildman–Crippen LogP) is 2.63. The second kappa shape index (κ2) is 6.50. The van der Waals surface area contributed by atoms with Crippen LogP contribution in [0.3, 0.4) is 0 Å². The summed E-state index contributed by atoms with van der Waals surface area (Å²) in [5.41, 5.74) is 1.19. The van der Waals surface area contributed by atoms with E-state index in [0.29, 0.717) is 18.9 Å². The van der Waals surface area contributed by atoms with Gasteiger partial charge in [0.05, 0.1) is 12.4 Å². The minimum absolute atomic E-state index is 0.142. The maximum Gasteiger partial charge on any atom is 0.233 e. The first kappa shape index (κ1) is 13.8. The molecule has 1 heterocycles. The number of benzene rings is 1. The van der Waals surface area contributed by atoms with E-state index in [1.165, 1.54) is 10.5 Å². The third-order valence-electron chi connectivity index (χ3n) is 2.91. The summed E-state index contributed by atoms with van der Waals surface area (Å²) in [7, 11) is 1.66. The second-order valence-corrected chi connectivity index (χ2v) is 5.96. The van der Waals surface area contributed by atoms with Gasteiger partial charge in [-0.2, -0.15) is 0 Å². The molecular formula is C13H17NO2S2. The molecule has 1 unspecified atom stereocenters. The zero-order valence-corrected chi connectivity index (χ0v) is 12.2. The lowest BCUT2D eigenvalue weighted by Crippen LogP contribution is -2.31. The molecule has 0 radical (unpaired) electrons. The van der Waals surface area contributed by atoms with Gasteiger partial charge in [-0.25, -0.2) is 0 Å². The van der Waals surface area contributed by atoms with Crippen LogP contribution in [0.25, 0.3) is 0 Å². The average Bonchev–Trinajstić information content (AvgIpc) is 2.78. The number of hydrogen-bond acceptors (Lipinski definition) is 4. The van der Waals surface area contributed by atoms with Gasteiger partial charge in [-0.1, -0.05) is 12.1 Å². The van der Waals surface area contributed by atoms with Crippen LogP contribution in [-0.2, 0) is 9.53 Å². The van der Waals surface area contributed by atoms with Crippen molar-refractivity contribution in [3.63, 3.8) is 0 Å². The monoisotopic (exact) mass is 283 g/mol. The van der Waals surface area contributed by atoms with Crippen LogP contribution in [0.5, 0.6) is 0 Å². The Labute approximate surface area is 116 Å². The molecule has 0 aliphatic carbocycles. The Morgan fingerprint density at radius 3 is 2.78 bits per heavy atom. The smallest absolute Gasteiger partial charge is 0.233 e. The number of rotatable bonds is 5. The van der Waals surface area contributed by atoms with E-state index < -0.39 is 0 Å². The highest BCUT2D eigenvalue weighted by atomic mass is 32.2. The van der Waals surface area contributed by atoms with E-state index in [1.54, 1.807) is 30.6 Å². The number of carbonyl (C=O) groups is 1. The highest BCUT2D eigenvalue weighted by Gasteiger charge is 2.32. The molecule has 0 bridgehead atoms. The zero-order chi connectivity index (χ0) is 13.0. The largest absolute Gasteiger partial charge is 0.383 e. The highest BCUT2D eigenvalue weighted by molar-refractivity contribution is 8.00. The molecule has 1 aliphatic rings. The molecule has 0 spiro atoms. The topological polar surface area (TPSA) is 29.5 Å². The van der Waals surface area contributed by atoms with Crippen LogP contribution in [0.2, 0.25) is 0 Å². The third-order valence-corrected chi connectivity index (χ3v) is 4.90. The van der Waals surface area contributed by atoms with E-state index in [1.807, 2.05) is 4.90 Å². The lowest BCUT2D eigenvalue weighted by Gasteiger charge is -2.23. The molecule has 18 heavy (non-hydrogen) atoms. The number of ether oxygens (including phenoxy) is 1. The summed E-state index contributed by atoms with van der Waals surface area (Å²) in [6.45, 7) is 1.25. The number of hydrogen-bond donors (Lipinski definition) is 0. The first-order valence-electron chi connectivity index (χ1n) is 5.80. The Kier molecular flexibility index (Phi) is 4.97. The minimum Gasteiger partial charge on any atom is -0.383 e. The predicted molar refractivity (Wildman–Crippen MR) is 77.0 cm³/mol. The van der Waals surface area contributed by atoms with E-state index in [0.717, 1.165) is 0 Å². The van der Waals surface area contributed by atoms with Crippen molar-refractivity contribution >= 4 is 29.4 Å². The summed E-state index contributed by atoms with van der Waals surface area (Å²) >= 11 is 3.42. The Morgan fingerprint density at radius 1 is 1.44 bits per heavy atom. The summed E-state index contributed by atoms with van der Waals surface area (Å²) < 4.78 is 5.07. The van der Waals surface area contributed by atoms with Gasteiger partial charge in [0.1, 0.15) is 5.37 Å². The van der Waals surface area contributed by atoms with E-state index in [2.05, 4.69) is 30.5 Å². The number of nitrogens with zero attached hydrogens (tertiary/aromatic N) is 1. The normalized spacial score (nSPS) is 19.6. The number of amides is 1. The molecule has 0 aromatic heterocycles. The number of methoxy groups -OCH3 is 1. The summed E-state index contributed by atoms with van der Waals surface area (Å²) in [5, 5.41) is 0.142. The van der Waals surface area contributed by atoms with Crippen molar-refractivity contribution in [3.8, 4) is 0 Å². The Morgan fingerprint density at radius 2 is 2.17 bits per heavy atom. The maximum absolute atomic E-state index is 11.8. The maximum atomic E-state index is 11.8. The van der Waals surface area contributed by atoms with Crippen LogP contribution in [-0.4, -0.2) is 43.1 Å². The van der Waals surface area contributed by atoms with Gasteiger partial charge in [0.15, 0.2) is 0 Å². The fraction of sp³-hybridized carbons (Fsp3) is 0.462. The van der Waals surface area contributed by atoms with Crippen molar-refractivity contribution in [2.75, 3.05) is 32.3 Å². The summed E-state index contributed by atoms with van der Waals surface area (Å²) in [6, 6.07) is 8.44. The Balaban J connectivity index is 2.12. The van der Waals surface area contributed by atoms with Gasteiger partial charge < -0.3 is 9.64 Å². The van der Waals surface area contributed by atoms with Crippen LogP contribution in [0.1, 0.15) is 10.9 Å². The first-order chi connectivity index (χ1) is 8.76. The summed E-state index contributed by atoms with van der Waals surface area (Å²) in [6.07, 6.45) is 2.06. The first-order valence-corrected chi connectivity index (χ1v) is 8.07. The zero-order valence-electron chi connectivity index (χ0n) is 10.6. The SMILES string of the molecule is COCCN1C(=O)CSC1c1ccc(SC)cc1. The summed E-state index contributed by atoms with van der Waals surface area (Å²) in [5.74, 6) is 0.773. The van der Waals surface area contributed by atoms with Crippen molar-refractivity contribution in [2.24, 2.45) is 0 Å². The molecule has 1 saturated heterocycles. The Bertz CT molecular complexity index is 408. The number of thioether (sulfide) groups is 2. The van der Waals surface area contributed by atoms with E-state index in [4.69, 9.17) is 4.74 Å². The second-order valence-electron chi connectivity index (χ2n) is 4.02.